The summed E-state index contributed by atoms with van der Waals surface area (Å²) in [5.74, 6) is 0.831. The number of rotatable bonds is 6. The average molecular weight is 413 g/mol. The number of halogens is 1. The van der Waals surface area contributed by atoms with Crippen molar-refractivity contribution in [3.63, 3.8) is 0 Å². The molecule has 0 fully saturated rings. The zero-order valence-corrected chi connectivity index (χ0v) is 15.4. The smallest absolute Gasteiger partial charge is 0.191 e. The first-order chi connectivity index (χ1) is 10.3. The minimum atomic E-state index is 0. The number of imidazole rings is 1. The summed E-state index contributed by atoms with van der Waals surface area (Å²) < 4.78 is 2.07. The molecule has 1 unspecified atom stereocenters. The highest BCUT2D eigenvalue weighted by Crippen LogP contribution is 2.10. The van der Waals surface area contributed by atoms with Crippen LogP contribution >= 0.6 is 24.0 Å². The van der Waals surface area contributed by atoms with E-state index in [0.717, 1.165) is 25.5 Å². The van der Waals surface area contributed by atoms with Gasteiger partial charge in [-0.2, -0.15) is 0 Å². The Kier molecular flexibility index (Phi) is 8.57. The monoisotopic (exact) mass is 413 g/mol. The Hall–Kier alpha value is -1.57. The molecule has 2 rings (SSSR count). The van der Waals surface area contributed by atoms with Gasteiger partial charge in [-0.15, -0.1) is 24.0 Å². The largest absolute Gasteiger partial charge is 0.356 e. The van der Waals surface area contributed by atoms with Crippen molar-refractivity contribution in [2.24, 2.45) is 4.99 Å². The lowest BCUT2D eigenvalue weighted by Gasteiger charge is -2.18. The van der Waals surface area contributed by atoms with Gasteiger partial charge in [0.25, 0.3) is 0 Å². The van der Waals surface area contributed by atoms with Gasteiger partial charge in [-0.05, 0) is 18.9 Å². The maximum absolute atomic E-state index is 4.26. The van der Waals surface area contributed by atoms with Crippen molar-refractivity contribution in [2.45, 2.75) is 25.9 Å². The van der Waals surface area contributed by atoms with Gasteiger partial charge in [0.2, 0.25) is 0 Å². The van der Waals surface area contributed by atoms with Gasteiger partial charge in [0.05, 0.1) is 12.4 Å². The third kappa shape index (κ3) is 6.05. The first-order valence-electron chi connectivity index (χ1n) is 7.27. The molecule has 0 saturated heterocycles. The number of aliphatic imine (C=N–C) groups is 1. The molecule has 1 aromatic carbocycles. The molecule has 1 aromatic heterocycles. The summed E-state index contributed by atoms with van der Waals surface area (Å²) in [6.45, 7) is 3.96. The molecular weight excluding hydrogens is 389 g/mol. The van der Waals surface area contributed by atoms with E-state index in [9.17, 15) is 0 Å². The highest BCUT2D eigenvalue weighted by atomic mass is 127. The van der Waals surface area contributed by atoms with Gasteiger partial charge < -0.3 is 15.2 Å². The van der Waals surface area contributed by atoms with E-state index in [-0.39, 0.29) is 30.0 Å². The van der Waals surface area contributed by atoms with Gasteiger partial charge >= 0.3 is 0 Å². The van der Waals surface area contributed by atoms with Crippen molar-refractivity contribution in [3.8, 4) is 0 Å². The highest BCUT2D eigenvalue weighted by molar-refractivity contribution is 14.0. The summed E-state index contributed by atoms with van der Waals surface area (Å²) in [4.78, 5) is 8.29. The quantitative estimate of drug-likeness (QED) is 0.332. The second-order valence-electron chi connectivity index (χ2n) is 4.93. The van der Waals surface area contributed by atoms with Gasteiger partial charge in [0.15, 0.2) is 5.96 Å². The fourth-order valence-electron chi connectivity index (χ4n) is 2.11. The van der Waals surface area contributed by atoms with Gasteiger partial charge in [-0.1, -0.05) is 30.3 Å². The van der Waals surface area contributed by atoms with Crippen molar-refractivity contribution in [1.29, 1.82) is 0 Å². The van der Waals surface area contributed by atoms with Crippen molar-refractivity contribution in [1.82, 2.24) is 20.2 Å². The van der Waals surface area contributed by atoms with Crippen LogP contribution in [0.1, 0.15) is 24.9 Å². The minimum Gasteiger partial charge on any atom is -0.356 e. The fraction of sp³-hybridized carbons (Fsp3) is 0.375. The Balaban J connectivity index is 0.00000242. The molecule has 22 heavy (non-hydrogen) atoms. The number of benzene rings is 1. The van der Waals surface area contributed by atoms with Crippen molar-refractivity contribution >= 4 is 29.9 Å². The first-order valence-corrected chi connectivity index (χ1v) is 7.27. The molecule has 0 aliphatic heterocycles. The lowest BCUT2D eigenvalue weighted by atomic mass is 10.1. The molecule has 0 amide bonds. The minimum absolute atomic E-state index is 0. The zero-order chi connectivity index (χ0) is 14.9. The molecule has 0 bridgehead atoms. The highest BCUT2D eigenvalue weighted by Gasteiger charge is 2.06. The normalized spacial score (nSPS) is 12.4. The number of aromatic nitrogens is 2. The molecule has 0 aliphatic rings. The summed E-state index contributed by atoms with van der Waals surface area (Å²) in [7, 11) is 1.79. The van der Waals surface area contributed by atoms with Crippen molar-refractivity contribution in [3.05, 3.63) is 54.6 Å². The summed E-state index contributed by atoms with van der Waals surface area (Å²) in [6.07, 6.45) is 6.64. The van der Waals surface area contributed by atoms with E-state index in [0.29, 0.717) is 0 Å². The Morgan fingerprint density at radius 2 is 2.09 bits per heavy atom. The Morgan fingerprint density at radius 3 is 2.73 bits per heavy atom. The van der Waals surface area contributed by atoms with Gasteiger partial charge in [-0.3, -0.25) is 4.99 Å². The Bertz CT molecular complexity index is 539. The number of nitrogens with one attached hydrogen (secondary N) is 2. The molecule has 1 heterocycles. The molecule has 1 atom stereocenters. The Labute approximate surface area is 149 Å². The van der Waals surface area contributed by atoms with E-state index in [1.165, 1.54) is 5.56 Å². The third-order valence-electron chi connectivity index (χ3n) is 3.32. The summed E-state index contributed by atoms with van der Waals surface area (Å²) in [5, 5.41) is 6.73. The van der Waals surface area contributed by atoms with Crippen molar-refractivity contribution < 1.29 is 0 Å². The number of guanidine groups is 1. The second kappa shape index (κ2) is 10.2. The third-order valence-corrected chi connectivity index (χ3v) is 3.32. The molecule has 2 aromatic rings. The lowest BCUT2D eigenvalue weighted by molar-refractivity contribution is 0.616. The maximum Gasteiger partial charge on any atom is 0.191 e. The van der Waals surface area contributed by atoms with Crippen LogP contribution in [0, 0.1) is 0 Å². The van der Waals surface area contributed by atoms with Gasteiger partial charge in [-0.25, -0.2) is 4.98 Å². The number of aryl methyl sites for hydroxylation is 1. The number of hydrogen-bond donors (Lipinski definition) is 2. The van der Waals surface area contributed by atoms with Crippen LogP contribution in [0.15, 0.2) is 54.0 Å². The molecule has 2 N–H and O–H groups in total. The second-order valence-corrected chi connectivity index (χ2v) is 4.93. The number of hydrogen-bond acceptors (Lipinski definition) is 2. The SMILES string of the molecule is CN=C(NCCCn1ccnc1)NC(C)c1ccccc1.I. The molecule has 0 radical (unpaired) electrons. The summed E-state index contributed by atoms with van der Waals surface area (Å²) in [6, 6.07) is 10.6. The topological polar surface area (TPSA) is 54.2 Å². The van der Waals surface area contributed by atoms with E-state index >= 15 is 0 Å². The molecular formula is C16H24IN5. The zero-order valence-electron chi connectivity index (χ0n) is 13.1. The molecule has 0 aliphatic carbocycles. The van der Waals surface area contributed by atoms with Gasteiger partial charge in [0, 0.05) is 32.5 Å². The predicted molar refractivity (Wildman–Crippen MR) is 102 cm³/mol. The van der Waals surface area contributed by atoms with Crippen LogP contribution < -0.4 is 10.6 Å². The van der Waals surface area contributed by atoms with E-state index in [2.05, 4.69) is 56.4 Å². The van der Waals surface area contributed by atoms with Crippen LogP contribution in [-0.4, -0.2) is 29.1 Å². The Morgan fingerprint density at radius 1 is 1.32 bits per heavy atom. The van der Waals surface area contributed by atoms with Crippen LogP contribution in [0.4, 0.5) is 0 Å². The molecule has 6 heteroatoms. The van der Waals surface area contributed by atoms with Crippen LogP contribution in [0.2, 0.25) is 0 Å². The van der Waals surface area contributed by atoms with Crippen LogP contribution in [0.25, 0.3) is 0 Å². The van der Waals surface area contributed by atoms with E-state index in [1.807, 2.05) is 18.6 Å². The van der Waals surface area contributed by atoms with E-state index in [4.69, 9.17) is 0 Å². The van der Waals surface area contributed by atoms with Crippen LogP contribution in [0.5, 0.6) is 0 Å². The summed E-state index contributed by atoms with van der Waals surface area (Å²) >= 11 is 0. The van der Waals surface area contributed by atoms with Crippen molar-refractivity contribution in [2.75, 3.05) is 13.6 Å². The van der Waals surface area contributed by atoms with E-state index < -0.39 is 0 Å². The molecule has 5 nitrogen and oxygen atoms in total. The molecule has 0 saturated carbocycles. The lowest BCUT2D eigenvalue weighted by Crippen LogP contribution is -2.39. The molecule has 0 spiro atoms. The van der Waals surface area contributed by atoms with Gasteiger partial charge in [0.1, 0.15) is 0 Å². The first kappa shape index (κ1) is 18.5. The van der Waals surface area contributed by atoms with Crippen LogP contribution in [-0.2, 0) is 6.54 Å². The fourth-order valence-corrected chi connectivity index (χ4v) is 2.11. The maximum atomic E-state index is 4.26. The average Bonchev–Trinajstić information content (AvgIpc) is 3.04. The van der Waals surface area contributed by atoms with E-state index in [1.54, 1.807) is 13.2 Å². The molecule has 120 valence electrons. The standard InChI is InChI=1S/C16H23N5.HI/c1-14(15-7-4-3-5-8-15)20-16(17-2)19-9-6-11-21-12-10-18-13-21;/h3-5,7-8,10,12-14H,6,9,11H2,1-2H3,(H2,17,19,20);1H. The van der Waals surface area contributed by atoms with Crippen LogP contribution in [0.3, 0.4) is 0 Å². The summed E-state index contributed by atoms with van der Waals surface area (Å²) in [5.41, 5.74) is 1.25. The number of nitrogens with zero attached hydrogens (tertiary/aromatic N) is 3. The predicted octanol–water partition coefficient (Wildman–Crippen LogP) is 2.82.